The molecule has 132 valence electrons. The SMILES string of the molecule is Cc1ccc(CN(C)C)cc1NC(=O)Cc1ccc(N)cc1.Cl.Cl. The number of anilines is 2. The van der Waals surface area contributed by atoms with Crippen LogP contribution in [0, 0.1) is 6.92 Å². The Morgan fingerprint density at radius 2 is 1.62 bits per heavy atom. The van der Waals surface area contributed by atoms with Gasteiger partial charge in [-0.05, 0) is 55.9 Å². The first-order valence-electron chi connectivity index (χ1n) is 7.32. The molecule has 0 aliphatic rings. The monoisotopic (exact) mass is 369 g/mol. The highest BCUT2D eigenvalue weighted by Gasteiger charge is 2.07. The number of benzene rings is 2. The molecule has 0 atom stereocenters. The summed E-state index contributed by atoms with van der Waals surface area (Å²) in [6.45, 7) is 2.85. The molecule has 0 bridgehead atoms. The van der Waals surface area contributed by atoms with E-state index >= 15 is 0 Å². The van der Waals surface area contributed by atoms with Crippen LogP contribution in [0.25, 0.3) is 0 Å². The zero-order valence-electron chi connectivity index (χ0n) is 14.2. The molecule has 3 N–H and O–H groups in total. The minimum absolute atomic E-state index is 0. The fourth-order valence-electron chi connectivity index (χ4n) is 2.28. The van der Waals surface area contributed by atoms with Gasteiger partial charge in [-0.2, -0.15) is 0 Å². The van der Waals surface area contributed by atoms with E-state index < -0.39 is 0 Å². The van der Waals surface area contributed by atoms with E-state index in [-0.39, 0.29) is 30.7 Å². The summed E-state index contributed by atoms with van der Waals surface area (Å²) in [7, 11) is 4.05. The van der Waals surface area contributed by atoms with Gasteiger partial charge in [0.25, 0.3) is 0 Å². The van der Waals surface area contributed by atoms with Gasteiger partial charge in [-0.1, -0.05) is 24.3 Å². The van der Waals surface area contributed by atoms with E-state index in [4.69, 9.17) is 5.73 Å². The van der Waals surface area contributed by atoms with Gasteiger partial charge in [0.05, 0.1) is 6.42 Å². The number of carbonyl (C=O) groups is 1. The smallest absolute Gasteiger partial charge is 0.228 e. The number of amides is 1. The van der Waals surface area contributed by atoms with Crippen molar-refractivity contribution in [3.63, 3.8) is 0 Å². The molecular weight excluding hydrogens is 345 g/mol. The van der Waals surface area contributed by atoms with Gasteiger partial charge < -0.3 is 16.0 Å². The summed E-state index contributed by atoms with van der Waals surface area (Å²) in [6.07, 6.45) is 0.345. The first kappa shape index (κ1) is 22.2. The third-order valence-corrected chi connectivity index (χ3v) is 3.42. The molecule has 2 aromatic rings. The van der Waals surface area contributed by atoms with Crippen LogP contribution in [0.2, 0.25) is 0 Å². The standard InChI is InChI=1S/C18H23N3O.2ClH/c1-13-4-5-15(12-21(2)3)10-17(13)20-18(22)11-14-6-8-16(19)9-7-14;;/h4-10H,11-12,19H2,1-3H3,(H,20,22);2*1H. The number of rotatable bonds is 5. The predicted molar refractivity (Wildman–Crippen MR) is 106 cm³/mol. The Hall–Kier alpha value is -1.75. The molecule has 0 radical (unpaired) electrons. The molecule has 0 fully saturated rings. The molecule has 2 rings (SSSR count). The molecule has 2 aromatic carbocycles. The van der Waals surface area contributed by atoms with E-state index in [1.54, 1.807) is 0 Å². The van der Waals surface area contributed by atoms with Crippen LogP contribution >= 0.6 is 24.8 Å². The summed E-state index contributed by atoms with van der Waals surface area (Å²) in [5, 5.41) is 3.00. The average Bonchev–Trinajstić information content (AvgIpc) is 2.44. The summed E-state index contributed by atoms with van der Waals surface area (Å²) >= 11 is 0. The molecule has 0 aliphatic carbocycles. The normalized spacial score (nSPS) is 9.83. The molecular formula is C18H25Cl2N3O. The van der Waals surface area contributed by atoms with Crippen molar-refractivity contribution in [1.29, 1.82) is 0 Å². The lowest BCUT2D eigenvalue weighted by atomic mass is 10.1. The van der Waals surface area contributed by atoms with Crippen LogP contribution in [0.1, 0.15) is 16.7 Å². The Morgan fingerprint density at radius 1 is 1.04 bits per heavy atom. The number of nitrogens with one attached hydrogen (secondary N) is 1. The molecule has 1 amide bonds. The van der Waals surface area contributed by atoms with E-state index in [2.05, 4.69) is 16.3 Å². The maximum atomic E-state index is 12.2. The van der Waals surface area contributed by atoms with Gasteiger partial charge in [-0.15, -0.1) is 24.8 Å². The van der Waals surface area contributed by atoms with Gasteiger partial charge in [-0.25, -0.2) is 0 Å². The molecule has 0 aromatic heterocycles. The summed E-state index contributed by atoms with van der Waals surface area (Å²) in [5.74, 6) is -0.0186. The van der Waals surface area contributed by atoms with Crippen molar-refractivity contribution in [2.24, 2.45) is 0 Å². The second-order valence-electron chi connectivity index (χ2n) is 5.85. The molecule has 0 heterocycles. The van der Waals surface area contributed by atoms with Crippen molar-refractivity contribution in [2.75, 3.05) is 25.1 Å². The lowest BCUT2D eigenvalue weighted by Crippen LogP contribution is -2.16. The fraction of sp³-hybridized carbons (Fsp3) is 0.278. The number of hydrogen-bond donors (Lipinski definition) is 2. The molecule has 0 saturated heterocycles. The quantitative estimate of drug-likeness (QED) is 0.790. The number of aryl methyl sites for hydroxylation is 1. The third-order valence-electron chi connectivity index (χ3n) is 3.42. The Bertz CT molecular complexity index is 658. The lowest BCUT2D eigenvalue weighted by molar-refractivity contribution is -0.115. The van der Waals surface area contributed by atoms with Gasteiger partial charge in [-0.3, -0.25) is 4.79 Å². The van der Waals surface area contributed by atoms with Crippen LogP contribution in [0.4, 0.5) is 11.4 Å². The minimum atomic E-state index is -0.0186. The van der Waals surface area contributed by atoms with E-state index in [0.29, 0.717) is 12.1 Å². The van der Waals surface area contributed by atoms with E-state index in [1.807, 2.05) is 57.4 Å². The van der Waals surface area contributed by atoms with Gasteiger partial charge in [0, 0.05) is 17.9 Å². The second-order valence-corrected chi connectivity index (χ2v) is 5.85. The van der Waals surface area contributed by atoms with Gasteiger partial charge in [0.1, 0.15) is 0 Å². The van der Waals surface area contributed by atoms with Crippen molar-refractivity contribution in [3.8, 4) is 0 Å². The number of nitrogen functional groups attached to an aromatic ring is 1. The van der Waals surface area contributed by atoms with Crippen LogP contribution in [-0.4, -0.2) is 24.9 Å². The van der Waals surface area contributed by atoms with Crippen molar-refractivity contribution >= 4 is 42.1 Å². The third kappa shape index (κ3) is 6.79. The van der Waals surface area contributed by atoms with E-state index in [0.717, 1.165) is 23.4 Å². The fourth-order valence-corrected chi connectivity index (χ4v) is 2.28. The number of carbonyl (C=O) groups excluding carboxylic acids is 1. The first-order chi connectivity index (χ1) is 10.4. The highest BCUT2D eigenvalue weighted by Crippen LogP contribution is 2.18. The maximum absolute atomic E-state index is 12.2. The lowest BCUT2D eigenvalue weighted by Gasteiger charge is -2.13. The van der Waals surface area contributed by atoms with Crippen LogP contribution < -0.4 is 11.1 Å². The first-order valence-corrected chi connectivity index (χ1v) is 7.32. The van der Waals surface area contributed by atoms with Crippen molar-refractivity contribution in [2.45, 2.75) is 19.9 Å². The van der Waals surface area contributed by atoms with Crippen LogP contribution in [0.15, 0.2) is 42.5 Å². The molecule has 0 spiro atoms. The summed E-state index contributed by atoms with van der Waals surface area (Å²) in [4.78, 5) is 14.3. The molecule has 0 saturated carbocycles. The van der Waals surface area contributed by atoms with Crippen LogP contribution in [-0.2, 0) is 17.8 Å². The van der Waals surface area contributed by atoms with Crippen LogP contribution in [0.5, 0.6) is 0 Å². The summed E-state index contributed by atoms with van der Waals surface area (Å²) in [6, 6.07) is 13.5. The highest BCUT2D eigenvalue weighted by atomic mass is 35.5. The maximum Gasteiger partial charge on any atom is 0.228 e. The molecule has 4 nitrogen and oxygen atoms in total. The van der Waals surface area contributed by atoms with E-state index in [9.17, 15) is 4.79 Å². The molecule has 0 aliphatic heterocycles. The van der Waals surface area contributed by atoms with Crippen LogP contribution in [0.3, 0.4) is 0 Å². The van der Waals surface area contributed by atoms with Crippen molar-refractivity contribution < 1.29 is 4.79 Å². The Balaban J connectivity index is 0.00000264. The summed E-state index contributed by atoms with van der Waals surface area (Å²) < 4.78 is 0. The Kier molecular flexibility index (Phi) is 9.44. The topological polar surface area (TPSA) is 58.4 Å². The molecule has 0 unspecified atom stereocenters. The average molecular weight is 370 g/mol. The van der Waals surface area contributed by atoms with Crippen molar-refractivity contribution in [1.82, 2.24) is 4.90 Å². The number of hydrogen-bond acceptors (Lipinski definition) is 3. The number of halogens is 2. The van der Waals surface area contributed by atoms with E-state index in [1.165, 1.54) is 5.56 Å². The van der Waals surface area contributed by atoms with Crippen molar-refractivity contribution in [3.05, 3.63) is 59.2 Å². The highest BCUT2D eigenvalue weighted by molar-refractivity contribution is 5.93. The Labute approximate surface area is 156 Å². The zero-order chi connectivity index (χ0) is 16.1. The predicted octanol–water partition coefficient (Wildman–Crippen LogP) is 3.66. The number of nitrogens with zero attached hydrogens (tertiary/aromatic N) is 1. The van der Waals surface area contributed by atoms with Gasteiger partial charge in [0.2, 0.25) is 5.91 Å². The largest absolute Gasteiger partial charge is 0.399 e. The molecule has 6 heteroatoms. The summed E-state index contributed by atoms with van der Waals surface area (Å²) in [5.41, 5.74) is 10.4. The minimum Gasteiger partial charge on any atom is -0.399 e. The zero-order valence-corrected chi connectivity index (χ0v) is 15.8. The van der Waals surface area contributed by atoms with Gasteiger partial charge >= 0.3 is 0 Å². The number of nitrogens with two attached hydrogens (primary N) is 1. The second kappa shape index (κ2) is 10.2. The molecule has 24 heavy (non-hydrogen) atoms. The Morgan fingerprint density at radius 3 is 2.21 bits per heavy atom. The van der Waals surface area contributed by atoms with Gasteiger partial charge in [0.15, 0.2) is 0 Å².